The predicted molar refractivity (Wildman–Crippen MR) is 98.2 cm³/mol. The first-order chi connectivity index (χ1) is 12.5. The van der Waals surface area contributed by atoms with Crippen molar-refractivity contribution < 1.29 is 13.9 Å². The van der Waals surface area contributed by atoms with Gasteiger partial charge in [0.1, 0.15) is 11.6 Å². The number of nitrogens with zero attached hydrogens (tertiary/aromatic N) is 2. The number of aromatic nitrogens is 2. The average Bonchev–Trinajstić information content (AvgIpc) is 2.91. The third-order valence-corrected chi connectivity index (χ3v) is 4.25. The van der Waals surface area contributed by atoms with E-state index in [0.29, 0.717) is 34.8 Å². The van der Waals surface area contributed by atoms with E-state index in [1.165, 1.54) is 13.2 Å². The van der Waals surface area contributed by atoms with Crippen molar-refractivity contribution in [2.45, 2.75) is 20.4 Å². The summed E-state index contributed by atoms with van der Waals surface area (Å²) in [4.78, 5) is 12.6. The van der Waals surface area contributed by atoms with Crippen LogP contribution < -0.4 is 10.1 Å². The van der Waals surface area contributed by atoms with Crippen molar-refractivity contribution in [1.82, 2.24) is 9.78 Å². The van der Waals surface area contributed by atoms with Gasteiger partial charge in [0.25, 0.3) is 5.91 Å². The number of carbonyl (C=O) groups is 1. The summed E-state index contributed by atoms with van der Waals surface area (Å²) >= 11 is 0. The van der Waals surface area contributed by atoms with E-state index in [0.717, 1.165) is 5.69 Å². The van der Waals surface area contributed by atoms with Gasteiger partial charge in [-0.3, -0.25) is 9.48 Å². The molecule has 3 rings (SSSR count). The molecule has 0 spiro atoms. The summed E-state index contributed by atoms with van der Waals surface area (Å²) in [5, 5.41) is 7.33. The summed E-state index contributed by atoms with van der Waals surface area (Å²) in [6, 6.07) is 13.6. The fourth-order valence-corrected chi connectivity index (χ4v) is 2.83. The molecule has 0 fully saturated rings. The van der Waals surface area contributed by atoms with Crippen LogP contribution >= 0.6 is 0 Å². The van der Waals surface area contributed by atoms with E-state index in [2.05, 4.69) is 10.4 Å². The van der Waals surface area contributed by atoms with Crippen LogP contribution in [0.3, 0.4) is 0 Å². The van der Waals surface area contributed by atoms with Crippen molar-refractivity contribution in [1.29, 1.82) is 0 Å². The number of anilines is 1. The van der Waals surface area contributed by atoms with Gasteiger partial charge >= 0.3 is 0 Å². The Morgan fingerprint density at radius 1 is 1.15 bits per heavy atom. The molecule has 1 amide bonds. The smallest absolute Gasteiger partial charge is 0.259 e. The predicted octanol–water partition coefficient (Wildman–Crippen LogP) is 3.95. The van der Waals surface area contributed by atoms with Crippen molar-refractivity contribution in [3.63, 3.8) is 0 Å². The van der Waals surface area contributed by atoms with Crippen LogP contribution in [-0.2, 0) is 6.54 Å². The molecule has 2 aromatic carbocycles. The van der Waals surface area contributed by atoms with Crippen molar-refractivity contribution in [3.05, 3.63) is 76.9 Å². The van der Waals surface area contributed by atoms with Gasteiger partial charge < -0.3 is 10.1 Å². The van der Waals surface area contributed by atoms with Crippen molar-refractivity contribution in [3.8, 4) is 5.75 Å². The maximum Gasteiger partial charge on any atom is 0.259 e. The van der Waals surface area contributed by atoms with Crippen molar-refractivity contribution >= 4 is 11.6 Å². The van der Waals surface area contributed by atoms with Gasteiger partial charge in [0.15, 0.2) is 0 Å². The lowest BCUT2D eigenvalue weighted by molar-refractivity contribution is 0.102. The third-order valence-electron chi connectivity index (χ3n) is 4.25. The van der Waals surface area contributed by atoms with Crippen LogP contribution in [0.15, 0.2) is 48.5 Å². The van der Waals surface area contributed by atoms with Gasteiger partial charge in [-0.25, -0.2) is 4.39 Å². The van der Waals surface area contributed by atoms with Crippen LogP contribution in [0, 0.1) is 19.7 Å². The average molecular weight is 353 g/mol. The second-order valence-corrected chi connectivity index (χ2v) is 5.95. The third kappa shape index (κ3) is 3.44. The highest BCUT2D eigenvalue weighted by Gasteiger charge is 2.18. The van der Waals surface area contributed by atoms with Gasteiger partial charge in [0, 0.05) is 5.56 Å². The number of halogens is 1. The number of aryl methyl sites for hydroxylation is 1. The highest BCUT2D eigenvalue weighted by atomic mass is 19.1. The minimum Gasteiger partial charge on any atom is -0.496 e. The zero-order valence-corrected chi connectivity index (χ0v) is 14.9. The van der Waals surface area contributed by atoms with E-state index in [-0.39, 0.29) is 11.7 Å². The molecule has 3 aromatic rings. The summed E-state index contributed by atoms with van der Waals surface area (Å²) in [6.45, 7) is 3.95. The molecule has 26 heavy (non-hydrogen) atoms. The van der Waals surface area contributed by atoms with Crippen LogP contribution in [0.5, 0.6) is 5.75 Å². The van der Waals surface area contributed by atoms with Gasteiger partial charge in [-0.1, -0.05) is 30.3 Å². The fraction of sp³-hybridized carbons (Fsp3) is 0.200. The highest BCUT2D eigenvalue weighted by molar-refractivity contribution is 6.06. The standard InChI is InChI=1S/C20H20FN3O2/c1-13-19(22-20(25)16-9-5-7-11-18(16)26-3)14(2)24(23-13)12-15-8-4-6-10-17(15)21/h4-11H,12H2,1-3H3,(H,22,25). The molecule has 1 aromatic heterocycles. The molecule has 0 atom stereocenters. The quantitative estimate of drug-likeness (QED) is 0.756. The van der Waals surface area contributed by atoms with E-state index in [1.807, 2.05) is 13.8 Å². The van der Waals surface area contributed by atoms with Crippen LogP contribution in [0.1, 0.15) is 27.3 Å². The normalized spacial score (nSPS) is 10.6. The van der Waals surface area contributed by atoms with E-state index in [9.17, 15) is 9.18 Å². The molecule has 5 nitrogen and oxygen atoms in total. The largest absolute Gasteiger partial charge is 0.496 e. The second kappa shape index (κ2) is 7.39. The number of hydrogen-bond acceptors (Lipinski definition) is 3. The van der Waals surface area contributed by atoms with Gasteiger partial charge in [0.2, 0.25) is 0 Å². The van der Waals surface area contributed by atoms with Crippen LogP contribution in [-0.4, -0.2) is 22.8 Å². The summed E-state index contributed by atoms with van der Waals surface area (Å²) < 4.78 is 20.8. The molecule has 1 heterocycles. The number of benzene rings is 2. The second-order valence-electron chi connectivity index (χ2n) is 5.95. The van der Waals surface area contributed by atoms with Crippen LogP contribution in [0.4, 0.5) is 10.1 Å². The number of amides is 1. The first kappa shape index (κ1) is 17.7. The lowest BCUT2D eigenvalue weighted by Crippen LogP contribution is -2.14. The number of ether oxygens (including phenoxy) is 1. The van der Waals surface area contributed by atoms with Gasteiger partial charge in [0.05, 0.1) is 36.3 Å². The zero-order valence-electron chi connectivity index (χ0n) is 14.9. The molecule has 0 radical (unpaired) electrons. The highest BCUT2D eigenvalue weighted by Crippen LogP contribution is 2.24. The summed E-state index contributed by atoms with van der Waals surface area (Å²) in [6.07, 6.45) is 0. The molecule has 0 unspecified atom stereocenters. The Morgan fingerprint density at radius 3 is 2.58 bits per heavy atom. The maximum atomic E-state index is 13.9. The van der Waals surface area contributed by atoms with E-state index < -0.39 is 0 Å². The Morgan fingerprint density at radius 2 is 1.85 bits per heavy atom. The number of para-hydroxylation sites is 1. The Bertz CT molecular complexity index is 950. The van der Waals surface area contributed by atoms with Crippen LogP contribution in [0.2, 0.25) is 0 Å². The fourth-order valence-electron chi connectivity index (χ4n) is 2.83. The Labute approximate surface area is 151 Å². The van der Waals surface area contributed by atoms with Crippen molar-refractivity contribution in [2.75, 3.05) is 12.4 Å². The monoisotopic (exact) mass is 353 g/mol. The Kier molecular flexibility index (Phi) is 5.02. The first-order valence-electron chi connectivity index (χ1n) is 8.23. The minimum absolute atomic E-state index is 0.278. The molecule has 0 aliphatic heterocycles. The lowest BCUT2D eigenvalue weighted by Gasteiger charge is -2.10. The zero-order chi connectivity index (χ0) is 18.7. The van der Waals surface area contributed by atoms with Crippen LogP contribution in [0.25, 0.3) is 0 Å². The number of methoxy groups -OCH3 is 1. The Balaban J connectivity index is 1.86. The van der Waals surface area contributed by atoms with Crippen molar-refractivity contribution in [2.24, 2.45) is 0 Å². The molecule has 0 bridgehead atoms. The van der Waals surface area contributed by atoms with Gasteiger partial charge in [-0.05, 0) is 32.0 Å². The molecule has 6 heteroatoms. The van der Waals surface area contributed by atoms with Gasteiger partial charge in [-0.15, -0.1) is 0 Å². The number of rotatable bonds is 5. The summed E-state index contributed by atoms with van der Waals surface area (Å²) in [5.41, 5.74) is 3.03. The summed E-state index contributed by atoms with van der Waals surface area (Å²) in [7, 11) is 1.52. The van der Waals surface area contributed by atoms with E-state index in [4.69, 9.17) is 4.74 Å². The van der Waals surface area contributed by atoms with Gasteiger partial charge in [-0.2, -0.15) is 5.10 Å². The van der Waals surface area contributed by atoms with E-state index >= 15 is 0 Å². The SMILES string of the molecule is COc1ccccc1C(=O)Nc1c(C)nn(Cc2ccccc2F)c1C. The number of nitrogens with one attached hydrogen (secondary N) is 1. The minimum atomic E-state index is -0.279. The molecule has 0 saturated heterocycles. The molecular weight excluding hydrogens is 333 g/mol. The maximum absolute atomic E-state index is 13.9. The molecule has 0 saturated carbocycles. The summed E-state index contributed by atoms with van der Waals surface area (Å²) in [5.74, 6) is -0.0576. The lowest BCUT2D eigenvalue weighted by atomic mass is 10.1. The molecule has 134 valence electrons. The number of hydrogen-bond donors (Lipinski definition) is 1. The molecule has 1 N–H and O–H groups in total. The van der Waals surface area contributed by atoms with E-state index in [1.54, 1.807) is 47.1 Å². The first-order valence-corrected chi connectivity index (χ1v) is 8.23. The molecule has 0 aliphatic carbocycles. The Hall–Kier alpha value is -3.15. The molecular formula is C20H20FN3O2. The topological polar surface area (TPSA) is 56.1 Å². The molecule has 0 aliphatic rings. The number of carbonyl (C=O) groups excluding carboxylic acids is 1.